The van der Waals surface area contributed by atoms with Crippen molar-refractivity contribution >= 4 is 53.2 Å². The molecule has 1 unspecified atom stereocenters. The molecule has 0 saturated carbocycles. The summed E-state index contributed by atoms with van der Waals surface area (Å²) in [6.45, 7) is 8.69. The lowest BCUT2D eigenvalue weighted by atomic mass is 9.85. The molecule has 6 nitrogen and oxygen atoms in total. The van der Waals surface area contributed by atoms with Gasteiger partial charge in [0.25, 0.3) is 5.91 Å². The highest BCUT2D eigenvalue weighted by Gasteiger charge is 2.57. The number of carbonyl (C=O) groups excluding carboxylic acids is 3. The van der Waals surface area contributed by atoms with Gasteiger partial charge < -0.3 is 0 Å². The largest absolute Gasteiger partial charge is 0.357 e. The highest BCUT2D eigenvalue weighted by molar-refractivity contribution is 6.39. The molecule has 1 saturated heterocycles. The molecular weight excluding hydrogens is 353 g/mol. The Morgan fingerprint density at radius 2 is 1.82 bits per heavy atom. The molecule has 1 aliphatic heterocycles. The highest BCUT2D eigenvalue weighted by Crippen LogP contribution is 2.39. The van der Waals surface area contributed by atoms with Crippen molar-refractivity contribution in [3.05, 3.63) is 0 Å². The van der Waals surface area contributed by atoms with Gasteiger partial charge in [-0.25, -0.2) is 13.6 Å². The molecule has 0 aromatic heterocycles. The maximum absolute atomic E-state index is 12.2. The van der Waals surface area contributed by atoms with Crippen LogP contribution < -0.4 is 0 Å². The Morgan fingerprint density at radius 1 is 1.32 bits per heavy atom. The molecule has 0 spiro atoms. The van der Waals surface area contributed by atoms with Gasteiger partial charge in [-0.2, -0.15) is 4.42 Å². The minimum atomic E-state index is -1.38. The molecule has 0 aromatic rings. The summed E-state index contributed by atoms with van der Waals surface area (Å²) in [4.78, 5) is 36.0. The lowest BCUT2D eigenvalue weighted by Crippen LogP contribution is -2.53. The quantitative estimate of drug-likeness (QED) is 0.548. The summed E-state index contributed by atoms with van der Waals surface area (Å²) in [7, 11) is 0. The Hall–Kier alpha value is -0.720. The molecule has 1 fully saturated rings. The third kappa shape index (κ3) is 3.44. The van der Waals surface area contributed by atoms with Crippen molar-refractivity contribution in [2.75, 3.05) is 0 Å². The van der Waals surface area contributed by atoms with Gasteiger partial charge >= 0.3 is 6.03 Å². The fourth-order valence-electron chi connectivity index (χ4n) is 2.49. The van der Waals surface area contributed by atoms with E-state index in [1.54, 1.807) is 13.8 Å². The van der Waals surface area contributed by atoms with E-state index in [4.69, 9.17) is 35.3 Å². The number of imide groups is 1. The molecule has 0 bridgehead atoms. The SMILES string of the molecule is CC(C)CC(=O)N(Cl)C(C)(C)CC1(C)C(=O)N(Cl)C(=O)N1Cl. The third-order valence-corrected chi connectivity index (χ3v) is 4.98. The van der Waals surface area contributed by atoms with Crippen LogP contribution >= 0.6 is 35.3 Å². The van der Waals surface area contributed by atoms with Gasteiger partial charge in [-0.3, -0.25) is 9.59 Å². The topological polar surface area (TPSA) is 60.9 Å². The molecule has 1 aliphatic rings. The first-order valence-corrected chi connectivity index (χ1v) is 7.85. The van der Waals surface area contributed by atoms with Gasteiger partial charge in [-0.1, -0.05) is 13.8 Å². The minimum absolute atomic E-state index is 0.0463. The zero-order valence-electron chi connectivity index (χ0n) is 13.2. The second-order valence-corrected chi connectivity index (χ2v) is 7.70. The first kappa shape index (κ1) is 19.3. The van der Waals surface area contributed by atoms with Crippen molar-refractivity contribution in [2.24, 2.45) is 5.92 Å². The van der Waals surface area contributed by atoms with Crippen LogP contribution in [-0.4, -0.2) is 42.2 Å². The number of nitrogens with zero attached hydrogens (tertiary/aromatic N) is 3. The molecular formula is C13H20Cl3N3O3. The fourth-order valence-corrected chi connectivity index (χ4v) is 3.13. The van der Waals surface area contributed by atoms with Crippen LogP contribution in [0.25, 0.3) is 0 Å². The second-order valence-electron chi connectivity index (χ2n) is 6.69. The Labute approximate surface area is 145 Å². The molecule has 0 aromatic carbocycles. The summed E-state index contributed by atoms with van der Waals surface area (Å²) in [6, 6.07) is -0.818. The first-order valence-electron chi connectivity index (χ1n) is 6.83. The van der Waals surface area contributed by atoms with E-state index in [0.717, 1.165) is 8.84 Å². The van der Waals surface area contributed by atoms with Crippen LogP contribution in [0.2, 0.25) is 0 Å². The first-order chi connectivity index (χ1) is 9.84. The number of hydrogen-bond donors (Lipinski definition) is 0. The van der Waals surface area contributed by atoms with Crippen LogP contribution in [0, 0.1) is 5.92 Å². The predicted molar refractivity (Wildman–Crippen MR) is 85.0 cm³/mol. The van der Waals surface area contributed by atoms with Gasteiger partial charge in [-0.05, 0) is 26.7 Å². The predicted octanol–water partition coefficient (Wildman–Crippen LogP) is 3.51. The molecule has 0 radical (unpaired) electrons. The average Bonchev–Trinajstić information content (AvgIpc) is 2.53. The van der Waals surface area contributed by atoms with Crippen LogP contribution in [0.3, 0.4) is 0 Å². The van der Waals surface area contributed by atoms with E-state index >= 15 is 0 Å². The summed E-state index contributed by atoms with van der Waals surface area (Å²) in [5, 5.41) is 0. The third-order valence-electron chi connectivity index (χ3n) is 3.52. The van der Waals surface area contributed by atoms with E-state index in [-0.39, 0.29) is 24.7 Å². The normalized spacial score (nSPS) is 22.8. The van der Waals surface area contributed by atoms with Crippen molar-refractivity contribution in [1.29, 1.82) is 0 Å². The molecule has 0 aliphatic carbocycles. The van der Waals surface area contributed by atoms with E-state index in [1.165, 1.54) is 6.92 Å². The molecule has 22 heavy (non-hydrogen) atoms. The molecule has 126 valence electrons. The average molecular weight is 373 g/mol. The van der Waals surface area contributed by atoms with Gasteiger partial charge in [0.1, 0.15) is 5.54 Å². The summed E-state index contributed by atoms with van der Waals surface area (Å²) in [5.41, 5.74) is -2.29. The molecule has 1 rings (SSSR count). The van der Waals surface area contributed by atoms with E-state index in [9.17, 15) is 14.4 Å². The Bertz CT molecular complexity index is 498. The molecule has 1 atom stereocenters. The minimum Gasteiger partial charge on any atom is -0.274 e. The number of rotatable bonds is 5. The number of carbonyl (C=O) groups is 3. The van der Waals surface area contributed by atoms with E-state index in [0.29, 0.717) is 4.42 Å². The maximum Gasteiger partial charge on any atom is 0.357 e. The van der Waals surface area contributed by atoms with Crippen molar-refractivity contribution in [1.82, 2.24) is 13.3 Å². The van der Waals surface area contributed by atoms with Gasteiger partial charge in [0.05, 0.1) is 5.54 Å². The van der Waals surface area contributed by atoms with E-state index in [2.05, 4.69) is 0 Å². The number of urea groups is 1. The molecule has 9 heteroatoms. The fraction of sp³-hybridized carbons (Fsp3) is 0.769. The van der Waals surface area contributed by atoms with Gasteiger partial charge in [0.2, 0.25) is 5.91 Å². The van der Waals surface area contributed by atoms with Gasteiger partial charge in [0.15, 0.2) is 0 Å². The molecule has 1 heterocycles. The smallest absolute Gasteiger partial charge is 0.274 e. The zero-order chi connectivity index (χ0) is 17.5. The van der Waals surface area contributed by atoms with Gasteiger partial charge in [-0.15, -0.1) is 0 Å². The molecule has 0 N–H and O–H groups in total. The maximum atomic E-state index is 12.2. The van der Waals surface area contributed by atoms with Crippen molar-refractivity contribution < 1.29 is 14.4 Å². The van der Waals surface area contributed by atoms with Crippen molar-refractivity contribution in [3.63, 3.8) is 0 Å². The van der Waals surface area contributed by atoms with Crippen LogP contribution in [0.1, 0.15) is 47.5 Å². The summed E-state index contributed by atoms with van der Waals surface area (Å²) in [6.07, 6.45) is 0.327. The van der Waals surface area contributed by atoms with Crippen molar-refractivity contribution in [2.45, 2.75) is 58.5 Å². The van der Waals surface area contributed by atoms with E-state index < -0.39 is 23.0 Å². The Morgan fingerprint density at radius 3 is 2.18 bits per heavy atom. The number of halogens is 3. The lowest BCUT2D eigenvalue weighted by molar-refractivity contribution is -0.135. The molecule has 4 amide bonds. The number of amides is 4. The Balaban J connectivity index is 2.98. The van der Waals surface area contributed by atoms with Crippen LogP contribution in [0.4, 0.5) is 4.79 Å². The van der Waals surface area contributed by atoms with Crippen molar-refractivity contribution in [3.8, 4) is 0 Å². The second kappa shape index (κ2) is 6.42. The monoisotopic (exact) mass is 371 g/mol. The van der Waals surface area contributed by atoms with E-state index in [1.807, 2.05) is 13.8 Å². The van der Waals surface area contributed by atoms with Crippen LogP contribution in [-0.2, 0) is 9.59 Å². The van der Waals surface area contributed by atoms with Crippen LogP contribution in [0.5, 0.6) is 0 Å². The van der Waals surface area contributed by atoms with Gasteiger partial charge in [0, 0.05) is 48.2 Å². The number of hydrogen-bond acceptors (Lipinski definition) is 3. The standard InChI is InChI=1S/C13H20Cl3N3O3/c1-8(2)6-9(20)18(15)12(3,4)7-13(5)10(21)17(14)11(22)19(13)16/h8H,6-7H2,1-5H3. The zero-order valence-corrected chi connectivity index (χ0v) is 15.5. The lowest BCUT2D eigenvalue weighted by Gasteiger charge is -2.39. The highest BCUT2D eigenvalue weighted by atomic mass is 35.5. The summed E-state index contributed by atoms with van der Waals surface area (Å²) in [5.74, 6) is -0.757. The summed E-state index contributed by atoms with van der Waals surface area (Å²) < 4.78 is 2.26. The summed E-state index contributed by atoms with van der Waals surface area (Å²) >= 11 is 17.7. The van der Waals surface area contributed by atoms with Crippen LogP contribution in [0.15, 0.2) is 0 Å². The Kier molecular flexibility index (Phi) is 5.64.